The van der Waals surface area contributed by atoms with E-state index < -0.39 is 38.7 Å². The minimum Gasteiger partial charge on any atom is -0.465 e. The number of nitrogens with two attached hydrogens (primary N) is 1. The second-order valence-corrected chi connectivity index (χ2v) is 8.16. The van der Waals surface area contributed by atoms with Crippen molar-refractivity contribution in [2.75, 3.05) is 7.11 Å². The molecule has 0 saturated carbocycles. The Morgan fingerprint density at radius 1 is 1.17 bits per heavy atom. The van der Waals surface area contributed by atoms with Crippen molar-refractivity contribution in [1.29, 1.82) is 0 Å². The zero-order valence-electron chi connectivity index (χ0n) is 16.0. The minimum absolute atomic E-state index is 0.101. The number of nitrogens with one attached hydrogen (secondary N) is 1. The second kappa shape index (κ2) is 8.36. The monoisotopic (exact) mass is 442 g/mol. The molecule has 0 aliphatic rings. The number of carbonyl (C=O) groups is 3. The molecule has 1 heterocycles. The average molecular weight is 443 g/mol. The lowest BCUT2D eigenvalue weighted by atomic mass is 10.1. The van der Waals surface area contributed by atoms with Gasteiger partial charge in [0.1, 0.15) is 4.90 Å². The predicted molar refractivity (Wildman–Crippen MR) is 104 cm³/mol. The lowest BCUT2D eigenvalue weighted by Crippen LogP contribution is -2.25. The van der Waals surface area contributed by atoms with E-state index in [0.29, 0.717) is 11.3 Å². The fraction of sp³-hybridized carbons (Fsp3) is 0.278. The van der Waals surface area contributed by atoms with Crippen LogP contribution in [0.2, 0.25) is 5.02 Å². The first-order valence-corrected chi connectivity index (χ1v) is 10.2. The van der Waals surface area contributed by atoms with Crippen molar-refractivity contribution < 1.29 is 32.3 Å². The molecule has 2 aromatic rings. The third-order valence-corrected chi connectivity index (χ3v) is 5.59. The molecule has 156 valence electrons. The summed E-state index contributed by atoms with van der Waals surface area (Å²) in [5.74, 6) is -2.12. The molecule has 9 nitrogen and oxygen atoms in total. The lowest BCUT2D eigenvalue weighted by Gasteiger charge is -2.13. The van der Waals surface area contributed by atoms with Crippen LogP contribution >= 0.6 is 11.6 Å². The highest BCUT2D eigenvalue weighted by Crippen LogP contribution is 2.23. The molecular weight excluding hydrogens is 424 g/mol. The number of H-pyrrole nitrogens is 1. The Balaban J connectivity index is 2.27. The number of hydrogen-bond acceptors (Lipinski definition) is 7. The van der Waals surface area contributed by atoms with Gasteiger partial charge < -0.3 is 14.5 Å². The summed E-state index contributed by atoms with van der Waals surface area (Å²) >= 11 is 5.79. The van der Waals surface area contributed by atoms with Crippen LogP contribution in [-0.4, -0.2) is 44.3 Å². The van der Waals surface area contributed by atoms with Gasteiger partial charge in [-0.25, -0.2) is 23.1 Å². The quantitative estimate of drug-likeness (QED) is 0.514. The number of methoxy groups -OCH3 is 1. The third kappa shape index (κ3) is 4.66. The molecule has 0 bridgehead atoms. The van der Waals surface area contributed by atoms with Crippen molar-refractivity contribution >= 4 is 39.3 Å². The number of ketones is 1. The number of halogens is 1. The number of hydrogen-bond donors (Lipinski definition) is 2. The molecule has 0 aliphatic carbocycles. The van der Waals surface area contributed by atoms with E-state index in [0.717, 1.165) is 6.07 Å². The van der Waals surface area contributed by atoms with Gasteiger partial charge in [-0.05, 0) is 44.5 Å². The van der Waals surface area contributed by atoms with Crippen LogP contribution in [0.3, 0.4) is 0 Å². The van der Waals surface area contributed by atoms with Gasteiger partial charge in [0, 0.05) is 5.69 Å². The molecule has 11 heteroatoms. The van der Waals surface area contributed by atoms with Gasteiger partial charge in [0.15, 0.2) is 6.10 Å². The Bertz CT molecular complexity index is 1110. The summed E-state index contributed by atoms with van der Waals surface area (Å²) < 4.78 is 32.9. The third-order valence-electron chi connectivity index (χ3n) is 4.20. The first-order valence-electron chi connectivity index (χ1n) is 8.23. The number of Topliss-reactive ketones (excluding diaryl/α,β-unsaturated/α-hetero) is 1. The number of benzene rings is 1. The zero-order chi connectivity index (χ0) is 22.1. The number of sulfonamides is 1. The number of aryl methyl sites for hydroxylation is 1. The minimum atomic E-state index is -4.15. The van der Waals surface area contributed by atoms with E-state index in [4.69, 9.17) is 26.2 Å². The van der Waals surface area contributed by atoms with Gasteiger partial charge in [-0.1, -0.05) is 11.6 Å². The van der Waals surface area contributed by atoms with Crippen molar-refractivity contribution in [3.8, 4) is 0 Å². The summed E-state index contributed by atoms with van der Waals surface area (Å²) in [5.41, 5.74) is 0.985. The highest BCUT2D eigenvalue weighted by atomic mass is 35.5. The van der Waals surface area contributed by atoms with Gasteiger partial charge in [-0.2, -0.15) is 0 Å². The maximum Gasteiger partial charge on any atom is 0.339 e. The summed E-state index contributed by atoms with van der Waals surface area (Å²) in [6.45, 7) is 4.52. The Kier molecular flexibility index (Phi) is 6.51. The van der Waals surface area contributed by atoms with Crippen molar-refractivity contribution in [2.45, 2.75) is 31.8 Å². The van der Waals surface area contributed by atoms with Gasteiger partial charge in [-0.15, -0.1) is 0 Å². The summed E-state index contributed by atoms with van der Waals surface area (Å²) in [5, 5.41) is 4.91. The van der Waals surface area contributed by atoms with Crippen LogP contribution < -0.4 is 5.14 Å². The number of primary sulfonamides is 1. The van der Waals surface area contributed by atoms with Crippen LogP contribution in [0.15, 0.2) is 23.1 Å². The van der Waals surface area contributed by atoms with Crippen molar-refractivity contribution in [3.63, 3.8) is 0 Å². The molecule has 1 aromatic heterocycles. The number of carbonyl (C=O) groups excluding carboxylic acids is 3. The molecule has 0 spiro atoms. The van der Waals surface area contributed by atoms with E-state index in [2.05, 4.69) is 4.98 Å². The van der Waals surface area contributed by atoms with Crippen molar-refractivity contribution in [3.05, 3.63) is 51.3 Å². The molecule has 3 N–H and O–H groups in total. The number of rotatable bonds is 6. The Hall–Kier alpha value is -2.69. The average Bonchev–Trinajstić information content (AvgIpc) is 2.93. The van der Waals surface area contributed by atoms with E-state index in [1.807, 2.05) is 0 Å². The smallest absolute Gasteiger partial charge is 0.339 e. The molecule has 0 amide bonds. The maximum absolute atomic E-state index is 12.7. The van der Waals surface area contributed by atoms with E-state index in [9.17, 15) is 22.8 Å². The second-order valence-electron chi connectivity index (χ2n) is 6.22. The SMILES string of the molecule is COC(=O)c1c(C)[nH]c(C(=O)C(C)OC(=O)c2ccc(Cl)c(S(N)(=O)=O)c2)c1C. The highest BCUT2D eigenvalue weighted by Gasteiger charge is 2.28. The Morgan fingerprint density at radius 3 is 2.34 bits per heavy atom. The molecule has 29 heavy (non-hydrogen) atoms. The zero-order valence-corrected chi connectivity index (χ0v) is 17.6. The molecule has 0 radical (unpaired) electrons. The number of aromatic amines is 1. The van der Waals surface area contributed by atoms with E-state index in [1.165, 1.54) is 26.2 Å². The van der Waals surface area contributed by atoms with Crippen LogP contribution in [0.4, 0.5) is 0 Å². The topological polar surface area (TPSA) is 146 Å². The largest absolute Gasteiger partial charge is 0.465 e. The first kappa shape index (κ1) is 22.6. The van der Waals surface area contributed by atoms with Crippen LogP contribution in [0.1, 0.15) is 49.4 Å². The van der Waals surface area contributed by atoms with E-state index in [1.54, 1.807) is 13.8 Å². The predicted octanol–water partition coefficient (Wildman–Crippen LogP) is 2.15. The number of aromatic nitrogens is 1. The van der Waals surface area contributed by atoms with Crippen molar-refractivity contribution in [1.82, 2.24) is 4.98 Å². The lowest BCUT2D eigenvalue weighted by molar-refractivity contribution is 0.0316. The van der Waals surface area contributed by atoms with Gasteiger partial charge in [0.25, 0.3) is 0 Å². The fourth-order valence-electron chi connectivity index (χ4n) is 2.74. The highest BCUT2D eigenvalue weighted by molar-refractivity contribution is 7.89. The van der Waals surface area contributed by atoms with Crippen LogP contribution in [0, 0.1) is 13.8 Å². The van der Waals surface area contributed by atoms with Gasteiger partial charge in [0.2, 0.25) is 15.8 Å². The molecule has 0 fully saturated rings. The molecule has 1 aromatic carbocycles. The Morgan fingerprint density at radius 2 is 1.79 bits per heavy atom. The van der Waals surface area contributed by atoms with Crippen LogP contribution in [0.25, 0.3) is 0 Å². The number of esters is 2. The van der Waals surface area contributed by atoms with Gasteiger partial charge in [-0.3, -0.25) is 4.79 Å². The van der Waals surface area contributed by atoms with E-state index in [-0.39, 0.29) is 21.8 Å². The van der Waals surface area contributed by atoms with Crippen molar-refractivity contribution in [2.24, 2.45) is 5.14 Å². The molecular formula is C18H19ClN2O7S. The maximum atomic E-state index is 12.7. The molecule has 1 atom stereocenters. The summed E-state index contributed by atoms with van der Waals surface area (Å²) in [6.07, 6.45) is -1.22. The Labute approximate surface area is 172 Å². The molecule has 2 rings (SSSR count). The standard InChI is InChI=1S/C18H19ClN2O7S/c1-8-14(18(24)27-4)9(2)21-15(8)16(22)10(3)28-17(23)11-5-6-12(19)13(7-11)29(20,25)26/h5-7,10,21H,1-4H3,(H2,20,25,26). The van der Waals surface area contributed by atoms with Crippen LogP contribution in [0.5, 0.6) is 0 Å². The van der Waals surface area contributed by atoms with E-state index >= 15 is 0 Å². The van der Waals surface area contributed by atoms with Gasteiger partial charge >= 0.3 is 11.9 Å². The first-order chi connectivity index (χ1) is 13.4. The summed E-state index contributed by atoms with van der Waals surface area (Å²) in [6, 6.07) is 3.40. The van der Waals surface area contributed by atoms with Gasteiger partial charge in [0.05, 0.1) is 29.0 Å². The normalized spacial score (nSPS) is 12.3. The molecule has 0 saturated heterocycles. The summed E-state index contributed by atoms with van der Waals surface area (Å²) in [7, 11) is -2.93. The molecule has 0 aliphatic heterocycles. The number of ether oxygens (including phenoxy) is 2. The summed E-state index contributed by atoms with van der Waals surface area (Å²) in [4.78, 5) is 39.3. The van der Waals surface area contributed by atoms with Crippen LogP contribution in [-0.2, 0) is 19.5 Å². The fourth-order valence-corrected chi connectivity index (χ4v) is 3.81. The molecule has 1 unspecified atom stereocenters.